The van der Waals surface area contributed by atoms with Crippen LogP contribution in [0.3, 0.4) is 0 Å². The van der Waals surface area contributed by atoms with E-state index in [1.807, 2.05) is 0 Å². The van der Waals surface area contributed by atoms with Gasteiger partial charge in [-0.15, -0.1) is 5.10 Å². The van der Waals surface area contributed by atoms with E-state index >= 15 is 0 Å². The SMILES string of the molecule is Cc1nc2nc(C(F)(F)F)nn2c(C)c1CCC(=O)NC1CCCCNC1=O. The van der Waals surface area contributed by atoms with Gasteiger partial charge in [0, 0.05) is 24.4 Å². The topological polar surface area (TPSA) is 101 Å². The number of rotatable bonds is 4. The van der Waals surface area contributed by atoms with Crippen LogP contribution in [0.2, 0.25) is 0 Å². The normalized spacial score (nSPS) is 18.0. The third-order valence-electron chi connectivity index (χ3n) is 4.78. The summed E-state index contributed by atoms with van der Waals surface area (Å²) in [6.45, 7) is 3.87. The van der Waals surface area contributed by atoms with Crippen molar-refractivity contribution < 1.29 is 22.8 Å². The Balaban J connectivity index is 1.73. The maximum atomic E-state index is 12.8. The second-order valence-electron chi connectivity index (χ2n) is 6.81. The van der Waals surface area contributed by atoms with E-state index in [0.29, 0.717) is 29.9 Å². The number of aryl methyl sites for hydroxylation is 2. The van der Waals surface area contributed by atoms with Gasteiger partial charge in [0.25, 0.3) is 11.6 Å². The lowest BCUT2D eigenvalue weighted by molar-refractivity contribution is -0.144. The second-order valence-corrected chi connectivity index (χ2v) is 6.81. The molecule has 0 aliphatic carbocycles. The zero-order valence-corrected chi connectivity index (χ0v) is 15.6. The lowest BCUT2D eigenvalue weighted by atomic mass is 10.1. The van der Waals surface area contributed by atoms with Crippen LogP contribution in [0.15, 0.2) is 0 Å². The molecule has 1 aliphatic rings. The first-order chi connectivity index (χ1) is 13.2. The molecule has 0 spiro atoms. The minimum atomic E-state index is -4.66. The summed E-state index contributed by atoms with van der Waals surface area (Å²) in [6, 6.07) is -0.553. The Hall–Kier alpha value is -2.72. The lowest BCUT2D eigenvalue weighted by Crippen LogP contribution is -2.45. The van der Waals surface area contributed by atoms with E-state index in [-0.39, 0.29) is 30.4 Å². The molecule has 1 aliphatic heterocycles. The highest BCUT2D eigenvalue weighted by molar-refractivity contribution is 5.87. The van der Waals surface area contributed by atoms with E-state index in [0.717, 1.165) is 17.4 Å². The van der Waals surface area contributed by atoms with Crippen molar-refractivity contribution in [1.82, 2.24) is 30.2 Å². The first-order valence-electron chi connectivity index (χ1n) is 9.04. The van der Waals surface area contributed by atoms with Gasteiger partial charge in [0.05, 0.1) is 0 Å². The summed E-state index contributed by atoms with van der Waals surface area (Å²) < 4.78 is 39.6. The molecule has 0 radical (unpaired) electrons. The van der Waals surface area contributed by atoms with Crippen molar-refractivity contribution >= 4 is 17.6 Å². The quantitative estimate of drug-likeness (QED) is 0.812. The molecular formula is C17H21F3N6O2. The van der Waals surface area contributed by atoms with Crippen molar-refractivity contribution in [2.45, 2.75) is 58.2 Å². The lowest BCUT2D eigenvalue weighted by Gasteiger charge is -2.16. The molecule has 2 N–H and O–H groups in total. The molecule has 3 heterocycles. The highest BCUT2D eigenvalue weighted by Crippen LogP contribution is 2.27. The molecule has 2 amide bonds. The Morgan fingerprint density at radius 2 is 2.04 bits per heavy atom. The third kappa shape index (κ3) is 4.23. The number of carbonyl (C=O) groups excluding carboxylic acids is 2. The molecule has 11 heteroatoms. The highest BCUT2D eigenvalue weighted by atomic mass is 19.4. The fourth-order valence-corrected chi connectivity index (χ4v) is 3.27. The van der Waals surface area contributed by atoms with E-state index in [2.05, 4.69) is 25.7 Å². The van der Waals surface area contributed by atoms with Crippen LogP contribution in [0, 0.1) is 13.8 Å². The Labute approximate surface area is 158 Å². The highest BCUT2D eigenvalue weighted by Gasteiger charge is 2.37. The Kier molecular flexibility index (Phi) is 5.52. The fourth-order valence-electron chi connectivity index (χ4n) is 3.27. The zero-order chi connectivity index (χ0) is 20.5. The molecule has 1 fully saturated rings. The standard InChI is InChI=1S/C17H21F3N6O2/c1-9-11(6-7-13(27)23-12-5-3-4-8-21-14(12)28)10(2)26-16(22-9)24-15(25-26)17(18,19)20/h12H,3-8H2,1-2H3,(H,21,28)(H,23,27). The van der Waals surface area contributed by atoms with Crippen molar-refractivity contribution in [1.29, 1.82) is 0 Å². The smallest absolute Gasteiger partial charge is 0.354 e. The molecule has 0 aromatic carbocycles. The van der Waals surface area contributed by atoms with Gasteiger partial charge in [-0.05, 0) is 45.1 Å². The minimum absolute atomic E-state index is 0.0828. The van der Waals surface area contributed by atoms with Crippen LogP contribution >= 0.6 is 0 Å². The van der Waals surface area contributed by atoms with E-state index in [9.17, 15) is 22.8 Å². The summed E-state index contributed by atoms with van der Waals surface area (Å²) in [5.41, 5.74) is 1.57. The van der Waals surface area contributed by atoms with E-state index in [1.54, 1.807) is 13.8 Å². The average Bonchev–Trinajstić information content (AvgIpc) is 2.94. The maximum absolute atomic E-state index is 12.8. The van der Waals surface area contributed by atoms with Gasteiger partial charge in [-0.1, -0.05) is 0 Å². The minimum Gasteiger partial charge on any atom is -0.354 e. The number of hydrogen-bond acceptors (Lipinski definition) is 5. The van der Waals surface area contributed by atoms with Crippen LogP contribution in [-0.4, -0.2) is 44.0 Å². The van der Waals surface area contributed by atoms with Crippen molar-refractivity contribution in [3.8, 4) is 0 Å². The van der Waals surface area contributed by atoms with Gasteiger partial charge in [0.2, 0.25) is 11.8 Å². The zero-order valence-electron chi connectivity index (χ0n) is 15.6. The number of fused-ring (bicyclic) bond motifs is 1. The van der Waals surface area contributed by atoms with Crippen LogP contribution in [0.1, 0.15) is 48.5 Å². The van der Waals surface area contributed by atoms with Gasteiger partial charge in [-0.3, -0.25) is 9.59 Å². The largest absolute Gasteiger partial charge is 0.453 e. The Bertz CT molecular complexity index is 908. The first kappa shape index (κ1) is 20.0. The second kappa shape index (κ2) is 7.72. The van der Waals surface area contributed by atoms with Gasteiger partial charge in [0.1, 0.15) is 6.04 Å². The number of halogens is 3. The van der Waals surface area contributed by atoms with E-state index in [4.69, 9.17) is 0 Å². The van der Waals surface area contributed by atoms with Crippen molar-refractivity contribution in [3.05, 3.63) is 22.8 Å². The molecule has 28 heavy (non-hydrogen) atoms. The average molecular weight is 398 g/mol. The number of hydrogen-bond donors (Lipinski definition) is 2. The molecule has 0 bridgehead atoms. The first-order valence-corrected chi connectivity index (χ1v) is 9.04. The van der Waals surface area contributed by atoms with Crippen LogP contribution in [0.5, 0.6) is 0 Å². The number of amides is 2. The molecule has 0 saturated carbocycles. The van der Waals surface area contributed by atoms with Crippen LogP contribution in [0.25, 0.3) is 5.78 Å². The molecule has 2 aromatic rings. The number of nitrogens with one attached hydrogen (secondary N) is 2. The summed E-state index contributed by atoms with van der Waals surface area (Å²) >= 11 is 0. The summed E-state index contributed by atoms with van der Waals surface area (Å²) in [4.78, 5) is 31.7. The number of carbonyl (C=O) groups is 2. The molecule has 3 rings (SSSR count). The summed E-state index contributed by atoms with van der Waals surface area (Å²) in [7, 11) is 0. The van der Waals surface area contributed by atoms with E-state index < -0.39 is 18.0 Å². The summed E-state index contributed by atoms with van der Waals surface area (Å²) in [5.74, 6) is -1.87. The predicted molar refractivity (Wildman–Crippen MR) is 92.4 cm³/mol. The molecule has 1 unspecified atom stereocenters. The van der Waals surface area contributed by atoms with Gasteiger partial charge in [-0.2, -0.15) is 18.2 Å². The molecule has 152 valence electrons. The maximum Gasteiger partial charge on any atom is 0.453 e. The van der Waals surface area contributed by atoms with E-state index in [1.165, 1.54) is 0 Å². The summed E-state index contributed by atoms with van der Waals surface area (Å²) in [5, 5.41) is 8.97. The van der Waals surface area contributed by atoms with Gasteiger partial charge in [-0.25, -0.2) is 9.50 Å². The molecule has 1 atom stereocenters. The monoisotopic (exact) mass is 398 g/mol. The van der Waals surface area contributed by atoms with Crippen molar-refractivity contribution in [2.75, 3.05) is 6.54 Å². The van der Waals surface area contributed by atoms with Gasteiger partial charge < -0.3 is 10.6 Å². The Morgan fingerprint density at radius 1 is 1.29 bits per heavy atom. The third-order valence-corrected chi connectivity index (χ3v) is 4.78. The van der Waals surface area contributed by atoms with Crippen LogP contribution in [-0.2, 0) is 22.2 Å². The molecule has 1 saturated heterocycles. The fraction of sp³-hybridized carbons (Fsp3) is 0.588. The van der Waals surface area contributed by atoms with Gasteiger partial charge in [0.15, 0.2) is 0 Å². The van der Waals surface area contributed by atoms with Crippen LogP contribution in [0.4, 0.5) is 13.2 Å². The molecule has 2 aromatic heterocycles. The molecule has 8 nitrogen and oxygen atoms in total. The molecular weight excluding hydrogens is 377 g/mol. The summed E-state index contributed by atoms with van der Waals surface area (Å²) in [6.07, 6.45) is -2.01. The van der Waals surface area contributed by atoms with Crippen molar-refractivity contribution in [3.63, 3.8) is 0 Å². The number of alkyl halides is 3. The number of nitrogens with zero attached hydrogens (tertiary/aromatic N) is 4. The van der Waals surface area contributed by atoms with Crippen molar-refractivity contribution in [2.24, 2.45) is 0 Å². The Morgan fingerprint density at radius 3 is 2.75 bits per heavy atom. The van der Waals surface area contributed by atoms with Crippen LogP contribution < -0.4 is 10.6 Å². The van der Waals surface area contributed by atoms with Gasteiger partial charge >= 0.3 is 6.18 Å². The number of aromatic nitrogens is 4. The predicted octanol–water partition coefficient (Wildman–Crippen LogP) is 1.48.